The van der Waals surface area contributed by atoms with Gasteiger partial charge in [-0.05, 0) is 41.0 Å². The SMILES string of the molecule is Fc1ccc(C(c2ccc(OCCBr)cc2)C(c2ccccc2)C(F)(F)F)cc1. The van der Waals surface area contributed by atoms with E-state index in [1.54, 1.807) is 42.5 Å². The molecule has 152 valence electrons. The molecular weight excluding hydrogens is 448 g/mol. The van der Waals surface area contributed by atoms with Crippen LogP contribution in [-0.2, 0) is 0 Å². The Hall–Kier alpha value is -2.34. The molecule has 0 N–H and O–H groups in total. The summed E-state index contributed by atoms with van der Waals surface area (Å²) in [6.07, 6.45) is -4.49. The first-order valence-electron chi connectivity index (χ1n) is 9.06. The minimum atomic E-state index is -4.49. The standard InChI is InChI=1S/C23H19BrF4O/c24-14-15-29-20-12-8-17(9-13-20)21(16-6-10-19(25)11-7-16)22(23(26,27)28)18-4-2-1-3-5-18/h1-13,21-22H,14-15H2. The summed E-state index contributed by atoms with van der Waals surface area (Å²) in [5.41, 5.74) is 1.04. The lowest BCUT2D eigenvalue weighted by Gasteiger charge is -2.30. The molecule has 0 aliphatic heterocycles. The summed E-state index contributed by atoms with van der Waals surface area (Å²) in [5.74, 6) is -2.71. The molecule has 2 unspecified atom stereocenters. The van der Waals surface area contributed by atoms with Crippen molar-refractivity contribution in [2.75, 3.05) is 11.9 Å². The highest BCUT2D eigenvalue weighted by Crippen LogP contribution is 2.48. The Morgan fingerprint density at radius 1 is 0.759 bits per heavy atom. The van der Waals surface area contributed by atoms with Crippen LogP contribution in [0.4, 0.5) is 17.6 Å². The Kier molecular flexibility index (Phi) is 6.96. The van der Waals surface area contributed by atoms with E-state index in [0.717, 1.165) is 0 Å². The van der Waals surface area contributed by atoms with Gasteiger partial charge in [0.2, 0.25) is 0 Å². The third-order valence-electron chi connectivity index (χ3n) is 4.66. The van der Waals surface area contributed by atoms with Gasteiger partial charge in [-0.1, -0.05) is 70.5 Å². The molecule has 6 heteroatoms. The first-order valence-corrected chi connectivity index (χ1v) is 10.2. The zero-order valence-electron chi connectivity index (χ0n) is 15.4. The molecule has 0 heterocycles. The largest absolute Gasteiger partial charge is 0.493 e. The van der Waals surface area contributed by atoms with Gasteiger partial charge in [-0.3, -0.25) is 0 Å². The lowest BCUT2D eigenvalue weighted by Crippen LogP contribution is -2.28. The molecule has 1 nitrogen and oxygen atoms in total. The van der Waals surface area contributed by atoms with Crippen LogP contribution in [0.25, 0.3) is 0 Å². The number of ether oxygens (including phenoxy) is 1. The predicted molar refractivity (Wildman–Crippen MR) is 109 cm³/mol. The van der Waals surface area contributed by atoms with E-state index in [1.165, 1.54) is 36.4 Å². The molecule has 0 saturated carbocycles. The first-order chi connectivity index (χ1) is 13.9. The van der Waals surface area contributed by atoms with Crippen LogP contribution < -0.4 is 4.74 Å². The molecule has 2 atom stereocenters. The Morgan fingerprint density at radius 3 is 1.83 bits per heavy atom. The normalized spacial score (nSPS) is 13.7. The van der Waals surface area contributed by atoms with Gasteiger partial charge in [-0.15, -0.1) is 0 Å². The van der Waals surface area contributed by atoms with Crippen molar-refractivity contribution in [3.05, 3.63) is 101 Å². The van der Waals surface area contributed by atoms with Gasteiger partial charge in [0.05, 0.1) is 12.5 Å². The average Bonchev–Trinajstić information content (AvgIpc) is 2.71. The molecule has 3 aromatic carbocycles. The quantitative estimate of drug-likeness (QED) is 0.267. The molecule has 0 aromatic heterocycles. The Labute approximate surface area is 175 Å². The topological polar surface area (TPSA) is 9.23 Å². The van der Waals surface area contributed by atoms with Crippen LogP contribution in [0.3, 0.4) is 0 Å². The number of rotatable bonds is 7. The molecule has 0 aliphatic rings. The van der Waals surface area contributed by atoms with Gasteiger partial charge in [0, 0.05) is 11.2 Å². The minimum absolute atomic E-state index is 0.161. The van der Waals surface area contributed by atoms with Crippen LogP contribution in [0.5, 0.6) is 5.75 Å². The number of alkyl halides is 4. The summed E-state index contributed by atoms with van der Waals surface area (Å²) in [6.45, 7) is 0.454. The molecule has 3 rings (SSSR count). The zero-order valence-corrected chi connectivity index (χ0v) is 17.0. The molecule has 0 saturated heterocycles. The van der Waals surface area contributed by atoms with Crippen LogP contribution in [0, 0.1) is 5.82 Å². The van der Waals surface area contributed by atoms with Crippen molar-refractivity contribution in [2.45, 2.75) is 18.0 Å². The van der Waals surface area contributed by atoms with Gasteiger partial charge in [0.25, 0.3) is 0 Å². The van der Waals surface area contributed by atoms with Gasteiger partial charge in [-0.25, -0.2) is 4.39 Å². The maximum Gasteiger partial charge on any atom is 0.396 e. The second kappa shape index (κ2) is 9.44. The van der Waals surface area contributed by atoms with Gasteiger partial charge < -0.3 is 4.74 Å². The molecule has 0 fully saturated rings. The van der Waals surface area contributed by atoms with E-state index in [-0.39, 0.29) is 5.56 Å². The Morgan fingerprint density at radius 2 is 1.31 bits per heavy atom. The van der Waals surface area contributed by atoms with Crippen molar-refractivity contribution in [3.63, 3.8) is 0 Å². The summed E-state index contributed by atoms with van der Waals surface area (Å²) < 4.78 is 61.7. The van der Waals surface area contributed by atoms with E-state index in [4.69, 9.17) is 4.74 Å². The minimum Gasteiger partial charge on any atom is -0.493 e. The van der Waals surface area contributed by atoms with Gasteiger partial charge in [0.15, 0.2) is 0 Å². The Bertz CT molecular complexity index is 893. The molecular formula is C23H19BrF4O. The van der Waals surface area contributed by atoms with Crippen LogP contribution in [-0.4, -0.2) is 18.1 Å². The highest BCUT2D eigenvalue weighted by molar-refractivity contribution is 9.09. The van der Waals surface area contributed by atoms with E-state index in [9.17, 15) is 17.6 Å². The molecule has 29 heavy (non-hydrogen) atoms. The monoisotopic (exact) mass is 466 g/mol. The van der Waals surface area contributed by atoms with Gasteiger partial charge in [-0.2, -0.15) is 13.2 Å². The lowest BCUT2D eigenvalue weighted by molar-refractivity contribution is -0.153. The smallest absolute Gasteiger partial charge is 0.396 e. The van der Waals surface area contributed by atoms with E-state index in [0.29, 0.717) is 28.8 Å². The molecule has 0 radical (unpaired) electrons. The Balaban J connectivity index is 2.10. The summed E-state index contributed by atoms with van der Waals surface area (Å²) >= 11 is 3.27. The highest BCUT2D eigenvalue weighted by atomic mass is 79.9. The van der Waals surface area contributed by atoms with Crippen molar-refractivity contribution in [2.24, 2.45) is 0 Å². The fraction of sp³-hybridized carbons (Fsp3) is 0.217. The van der Waals surface area contributed by atoms with E-state index in [1.807, 2.05) is 0 Å². The maximum absolute atomic E-state index is 14.2. The van der Waals surface area contributed by atoms with Crippen molar-refractivity contribution >= 4 is 15.9 Å². The van der Waals surface area contributed by atoms with Crippen LogP contribution in [0.15, 0.2) is 78.9 Å². The van der Waals surface area contributed by atoms with E-state index >= 15 is 0 Å². The van der Waals surface area contributed by atoms with Gasteiger partial charge >= 0.3 is 6.18 Å². The van der Waals surface area contributed by atoms with Crippen molar-refractivity contribution in [1.29, 1.82) is 0 Å². The van der Waals surface area contributed by atoms with Crippen molar-refractivity contribution < 1.29 is 22.3 Å². The zero-order chi connectivity index (χ0) is 20.9. The summed E-state index contributed by atoms with van der Waals surface area (Å²) in [5, 5.41) is 0.650. The number of hydrogen-bond acceptors (Lipinski definition) is 1. The van der Waals surface area contributed by atoms with E-state index in [2.05, 4.69) is 15.9 Å². The van der Waals surface area contributed by atoms with Crippen molar-refractivity contribution in [1.82, 2.24) is 0 Å². The van der Waals surface area contributed by atoms with Crippen molar-refractivity contribution in [3.8, 4) is 5.75 Å². The number of benzene rings is 3. The third kappa shape index (κ3) is 5.38. The summed E-state index contributed by atoms with van der Waals surface area (Å²) in [6, 6.07) is 19.6. The highest BCUT2D eigenvalue weighted by Gasteiger charge is 2.46. The maximum atomic E-state index is 14.2. The predicted octanol–water partition coefficient (Wildman–Crippen LogP) is 7.08. The molecule has 0 bridgehead atoms. The summed E-state index contributed by atoms with van der Waals surface area (Å²) in [4.78, 5) is 0. The van der Waals surface area contributed by atoms with Gasteiger partial charge in [0.1, 0.15) is 11.6 Å². The second-order valence-corrected chi connectivity index (χ2v) is 7.36. The number of hydrogen-bond donors (Lipinski definition) is 0. The average molecular weight is 467 g/mol. The fourth-order valence-electron chi connectivity index (χ4n) is 3.41. The first kappa shape index (κ1) is 21.4. The molecule has 0 aliphatic carbocycles. The molecule has 3 aromatic rings. The van der Waals surface area contributed by atoms with Crippen LogP contribution in [0.1, 0.15) is 28.5 Å². The number of halogens is 5. The molecule has 0 amide bonds. The molecule has 0 spiro atoms. The second-order valence-electron chi connectivity index (χ2n) is 6.57. The van der Waals surface area contributed by atoms with Crippen LogP contribution in [0.2, 0.25) is 0 Å². The fourth-order valence-corrected chi connectivity index (χ4v) is 3.57. The third-order valence-corrected chi connectivity index (χ3v) is 4.98. The summed E-state index contributed by atoms with van der Waals surface area (Å²) in [7, 11) is 0. The van der Waals surface area contributed by atoms with E-state index < -0.39 is 23.8 Å². The lowest BCUT2D eigenvalue weighted by atomic mass is 9.76. The van der Waals surface area contributed by atoms with Crippen LogP contribution >= 0.6 is 15.9 Å².